The number of ether oxygens (including phenoxy) is 1. The van der Waals surface area contributed by atoms with Crippen LogP contribution < -0.4 is 5.32 Å². The summed E-state index contributed by atoms with van der Waals surface area (Å²) in [6.45, 7) is 7.85. The lowest BCUT2D eigenvalue weighted by Gasteiger charge is -2.32. The first-order chi connectivity index (χ1) is 6.45. The number of piperidine rings is 1. The average molecular weight is 275 g/mol. The normalized spacial score (nSPS) is 25.9. The third kappa shape index (κ3) is 6.23. The zero-order valence-corrected chi connectivity index (χ0v) is 11.2. The molecule has 1 atom stereocenters. The van der Waals surface area contributed by atoms with Crippen LogP contribution in [0.5, 0.6) is 0 Å². The van der Waals surface area contributed by atoms with Crippen molar-refractivity contribution in [3.8, 4) is 0 Å². The van der Waals surface area contributed by atoms with Gasteiger partial charge < -0.3 is 15.5 Å². The molecule has 2 aliphatic heterocycles. The van der Waals surface area contributed by atoms with Gasteiger partial charge in [0.2, 0.25) is 0 Å². The van der Waals surface area contributed by atoms with Crippen LogP contribution in [0.25, 0.3) is 0 Å². The molecule has 0 bridgehead atoms. The number of morpholine rings is 1. The van der Waals surface area contributed by atoms with Gasteiger partial charge in [-0.3, -0.25) is 4.90 Å². The monoisotopic (exact) mass is 274 g/mol. The van der Waals surface area contributed by atoms with E-state index in [9.17, 15) is 0 Å². The lowest BCUT2D eigenvalue weighted by molar-refractivity contribution is 0.0289. The summed E-state index contributed by atoms with van der Waals surface area (Å²) >= 11 is 0. The summed E-state index contributed by atoms with van der Waals surface area (Å²) in [4.78, 5) is 2.54. The third-order valence-corrected chi connectivity index (χ3v) is 3.02. The first-order valence-corrected chi connectivity index (χ1v) is 5.46. The molecular formula is C10H24Cl2N2O2. The van der Waals surface area contributed by atoms with E-state index in [1.807, 2.05) is 0 Å². The van der Waals surface area contributed by atoms with E-state index in [1.54, 1.807) is 0 Å². The highest BCUT2D eigenvalue weighted by Crippen LogP contribution is 2.12. The van der Waals surface area contributed by atoms with Crippen molar-refractivity contribution < 1.29 is 10.2 Å². The molecule has 3 N–H and O–H groups in total. The van der Waals surface area contributed by atoms with E-state index in [2.05, 4.69) is 10.2 Å². The van der Waals surface area contributed by atoms with Gasteiger partial charge in [-0.05, 0) is 31.8 Å². The summed E-state index contributed by atoms with van der Waals surface area (Å²) in [6, 6.07) is 0. The Kier molecular flexibility index (Phi) is 12.4. The van der Waals surface area contributed by atoms with Crippen LogP contribution in [-0.4, -0.2) is 56.3 Å². The van der Waals surface area contributed by atoms with Gasteiger partial charge in [0.05, 0.1) is 13.2 Å². The maximum atomic E-state index is 5.33. The SMILES string of the molecule is C1CNCC(CN2CCOCC2)C1.Cl.Cl.O. The molecule has 0 spiro atoms. The van der Waals surface area contributed by atoms with E-state index in [0.717, 1.165) is 32.2 Å². The molecule has 0 aromatic carbocycles. The van der Waals surface area contributed by atoms with Crippen LogP contribution in [0, 0.1) is 5.92 Å². The van der Waals surface area contributed by atoms with E-state index in [4.69, 9.17) is 4.74 Å². The first-order valence-electron chi connectivity index (χ1n) is 5.46. The van der Waals surface area contributed by atoms with Crippen LogP contribution in [0.3, 0.4) is 0 Å². The number of hydrogen-bond donors (Lipinski definition) is 1. The van der Waals surface area contributed by atoms with Gasteiger partial charge in [-0.25, -0.2) is 0 Å². The topological polar surface area (TPSA) is 56.0 Å². The Morgan fingerprint density at radius 3 is 2.44 bits per heavy atom. The van der Waals surface area contributed by atoms with Crippen molar-refractivity contribution in [2.75, 3.05) is 45.9 Å². The molecule has 0 radical (unpaired) electrons. The second kappa shape index (κ2) is 10.6. The van der Waals surface area contributed by atoms with E-state index < -0.39 is 0 Å². The van der Waals surface area contributed by atoms with Crippen LogP contribution in [0.2, 0.25) is 0 Å². The molecule has 0 saturated carbocycles. The van der Waals surface area contributed by atoms with Crippen molar-refractivity contribution in [1.82, 2.24) is 10.2 Å². The molecule has 4 nitrogen and oxygen atoms in total. The van der Waals surface area contributed by atoms with Gasteiger partial charge in [-0.2, -0.15) is 0 Å². The molecule has 0 aliphatic carbocycles. The van der Waals surface area contributed by atoms with Gasteiger partial charge in [-0.15, -0.1) is 24.8 Å². The van der Waals surface area contributed by atoms with Gasteiger partial charge in [0.25, 0.3) is 0 Å². The van der Waals surface area contributed by atoms with Gasteiger partial charge >= 0.3 is 0 Å². The quantitative estimate of drug-likeness (QED) is 0.790. The first kappa shape index (κ1) is 18.8. The van der Waals surface area contributed by atoms with Gasteiger partial charge in [0.1, 0.15) is 0 Å². The van der Waals surface area contributed by atoms with E-state index in [0.29, 0.717) is 0 Å². The Morgan fingerprint density at radius 1 is 1.19 bits per heavy atom. The summed E-state index contributed by atoms with van der Waals surface area (Å²) in [5.74, 6) is 0.881. The Hall–Kier alpha value is 0.420. The van der Waals surface area contributed by atoms with Crippen molar-refractivity contribution in [2.24, 2.45) is 5.92 Å². The highest BCUT2D eigenvalue weighted by Gasteiger charge is 2.18. The Balaban J connectivity index is 0. The molecule has 2 fully saturated rings. The second-order valence-corrected chi connectivity index (χ2v) is 4.13. The predicted molar refractivity (Wildman–Crippen MR) is 71.0 cm³/mol. The van der Waals surface area contributed by atoms with Crippen molar-refractivity contribution in [2.45, 2.75) is 12.8 Å². The minimum atomic E-state index is 0. The smallest absolute Gasteiger partial charge is 0.0594 e. The number of hydrogen-bond acceptors (Lipinski definition) is 3. The van der Waals surface area contributed by atoms with Crippen LogP contribution in [0.15, 0.2) is 0 Å². The van der Waals surface area contributed by atoms with Crippen LogP contribution in [0.4, 0.5) is 0 Å². The van der Waals surface area contributed by atoms with E-state index in [1.165, 1.54) is 32.5 Å². The average Bonchev–Trinajstić information content (AvgIpc) is 2.21. The standard InChI is InChI=1S/C10H20N2O.2ClH.H2O/c1-2-10(8-11-3-1)9-12-4-6-13-7-5-12;;;/h10-11H,1-9H2;2*1H;1H2. The molecular weight excluding hydrogens is 251 g/mol. The minimum Gasteiger partial charge on any atom is -0.412 e. The number of rotatable bonds is 2. The highest BCUT2D eigenvalue weighted by atomic mass is 35.5. The predicted octanol–water partition coefficient (Wildman–Crippen LogP) is 0.337. The number of nitrogens with one attached hydrogen (secondary N) is 1. The van der Waals surface area contributed by atoms with E-state index in [-0.39, 0.29) is 30.3 Å². The molecule has 2 saturated heterocycles. The Labute approximate surface area is 110 Å². The maximum Gasteiger partial charge on any atom is 0.0594 e. The van der Waals surface area contributed by atoms with Crippen molar-refractivity contribution in [3.05, 3.63) is 0 Å². The number of nitrogens with zero attached hydrogens (tertiary/aromatic N) is 1. The molecule has 6 heteroatoms. The summed E-state index contributed by atoms with van der Waals surface area (Å²) in [7, 11) is 0. The lowest BCUT2D eigenvalue weighted by atomic mass is 9.99. The van der Waals surface area contributed by atoms with Crippen molar-refractivity contribution >= 4 is 24.8 Å². The summed E-state index contributed by atoms with van der Waals surface area (Å²) in [5, 5.41) is 3.47. The fourth-order valence-corrected chi connectivity index (χ4v) is 2.23. The minimum absolute atomic E-state index is 0. The van der Waals surface area contributed by atoms with Crippen molar-refractivity contribution in [1.29, 1.82) is 0 Å². The second-order valence-electron chi connectivity index (χ2n) is 4.13. The summed E-state index contributed by atoms with van der Waals surface area (Å²) in [6.07, 6.45) is 2.76. The summed E-state index contributed by atoms with van der Waals surface area (Å²) < 4.78 is 5.33. The fourth-order valence-electron chi connectivity index (χ4n) is 2.23. The largest absolute Gasteiger partial charge is 0.412 e. The molecule has 0 aromatic heterocycles. The zero-order chi connectivity index (χ0) is 8.93. The van der Waals surface area contributed by atoms with Crippen molar-refractivity contribution in [3.63, 3.8) is 0 Å². The Morgan fingerprint density at radius 2 is 1.88 bits per heavy atom. The van der Waals surface area contributed by atoms with Crippen LogP contribution in [0.1, 0.15) is 12.8 Å². The maximum absolute atomic E-state index is 5.33. The molecule has 2 heterocycles. The Bertz CT molecular complexity index is 136. The van der Waals surface area contributed by atoms with Gasteiger partial charge in [0, 0.05) is 19.6 Å². The third-order valence-electron chi connectivity index (χ3n) is 3.02. The molecule has 16 heavy (non-hydrogen) atoms. The van der Waals surface area contributed by atoms with Gasteiger partial charge in [0.15, 0.2) is 0 Å². The molecule has 1 unspecified atom stereocenters. The molecule has 0 aromatic rings. The lowest BCUT2D eigenvalue weighted by Crippen LogP contribution is -2.43. The van der Waals surface area contributed by atoms with E-state index >= 15 is 0 Å². The molecule has 2 aliphatic rings. The molecule has 0 amide bonds. The fraction of sp³-hybridized carbons (Fsp3) is 1.00. The molecule has 2 rings (SSSR count). The van der Waals surface area contributed by atoms with Crippen LogP contribution in [-0.2, 0) is 4.74 Å². The van der Waals surface area contributed by atoms with Crippen LogP contribution >= 0.6 is 24.8 Å². The highest BCUT2D eigenvalue weighted by molar-refractivity contribution is 5.85. The zero-order valence-electron chi connectivity index (χ0n) is 9.61. The summed E-state index contributed by atoms with van der Waals surface area (Å²) in [5.41, 5.74) is 0. The molecule has 100 valence electrons. The number of halogens is 2. The van der Waals surface area contributed by atoms with Gasteiger partial charge in [-0.1, -0.05) is 0 Å².